The average molecular weight is 1390 g/mol. The summed E-state index contributed by atoms with van der Waals surface area (Å²) < 4.78 is 31.4. The maximum absolute atomic E-state index is 11.1. The Bertz CT molecular complexity index is 2040. The summed E-state index contributed by atoms with van der Waals surface area (Å²) >= 11 is 0. The van der Waals surface area contributed by atoms with Gasteiger partial charge < -0.3 is 91.0 Å². The summed E-state index contributed by atoms with van der Waals surface area (Å²) in [5.41, 5.74) is 0. The second kappa shape index (κ2) is 111. The van der Waals surface area contributed by atoms with Gasteiger partial charge in [0, 0.05) is 75.2 Å². The molecule has 482 valence electrons. The molecule has 0 radical (unpaired) electrons. The number of methoxy groups -OCH3 is 3. The Morgan fingerprint density at radius 2 is 0.593 bits per heavy atom. The van der Waals surface area contributed by atoms with E-state index in [4.69, 9.17) is 92.1 Å². The van der Waals surface area contributed by atoms with Crippen molar-refractivity contribution in [1.82, 2.24) is 0 Å². The van der Waals surface area contributed by atoms with Gasteiger partial charge in [-0.15, -0.1) is 0 Å². The summed E-state index contributed by atoms with van der Waals surface area (Å²) in [6.45, 7) is 75.2. The van der Waals surface area contributed by atoms with E-state index in [1.807, 2.05) is 13.8 Å². The first-order valence-electron chi connectivity index (χ1n) is 22.5. The Morgan fingerprint density at radius 1 is 0.360 bits per heavy atom. The van der Waals surface area contributed by atoms with Crippen molar-refractivity contribution in [3.63, 3.8) is 0 Å². The Hall–Kier alpha value is -9.27. The number of carbonyl (C=O) groups excluding carboxylic acids is 19. The van der Waals surface area contributed by atoms with E-state index in [0.717, 1.165) is 13.5 Å². The summed E-state index contributed by atoms with van der Waals surface area (Å²) in [6.07, 6.45) is 2.47. The zero-order chi connectivity index (χ0) is 70.0. The average Bonchev–Trinajstić information content (AvgIpc) is 3.51. The molecule has 0 bridgehead atoms. The van der Waals surface area contributed by atoms with Crippen LogP contribution in [0.5, 0.6) is 0 Å². The van der Waals surface area contributed by atoms with Crippen LogP contribution < -0.4 is 0 Å². The van der Waals surface area contributed by atoms with Crippen molar-refractivity contribution in [3.8, 4) is 0 Å². The number of Topliss-reactive ketones (excluding diaryl/α,β-unsaturated/α-hetero) is 2. The Kier molecular flexibility index (Phi) is 154. The van der Waals surface area contributed by atoms with Gasteiger partial charge in [-0.05, 0) is 34.1 Å². The molecule has 86 heavy (non-hydrogen) atoms. The molecule has 0 amide bonds. The quantitative estimate of drug-likeness (QED) is 0.0555. The van der Waals surface area contributed by atoms with E-state index in [2.05, 4.69) is 98.2 Å². The van der Waals surface area contributed by atoms with Crippen LogP contribution in [0, 0.1) is 39.4 Å². The van der Waals surface area contributed by atoms with Gasteiger partial charge in [0.25, 0.3) is 12.1 Å². The third kappa shape index (κ3) is 100. The molecule has 32 nitrogen and oxygen atoms in total. The number of carbonyl (C=O) groups is 9. The Labute approximate surface area is 530 Å². The fourth-order valence-electron chi connectivity index (χ4n) is 3.68. The molecular weight excluding hydrogens is 1320 g/mol. The van der Waals surface area contributed by atoms with Crippen LogP contribution in [0.15, 0.2) is 0 Å². The molecule has 0 aliphatic heterocycles. The summed E-state index contributed by atoms with van der Waals surface area (Å²) in [7, 11) is 3.65. The van der Waals surface area contributed by atoms with E-state index < -0.39 is 72.1 Å². The van der Waals surface area contributed by atoms with Crippen LogP contribution in [0.3, 0.4) is 0 Å². The molecule has 6 unspecified atom stereocenters. The van der Waals surface area contributed by atoms with Crippen LogP contribution in [0.25, 0.3) is 29.1 Å². The predicted molar refractivity (Wildman–Crippen MR) is 286 cm³/mol. The summed E-state index contributed by atoms with van der Waals surface area (Å²) in [6, 6.07) is -4.61. The SMILES string of the molecule is O=C=O.O=C=O.[C-]#[N+]C(CC(=O)OC)C(=O)OC.[C-]#[N+]C(CC(=O)OCC)C(=O)OCC.[C-]#[N+]C(CC(=O)OCC)C(C)=O.[C-]#[N+]C(CC)C(=O)OC.[C-]#[N+]C(CC)C(C)=O.[C-]#[N+]C(CCC)C(=O)OCC.[CH-]=O.[CH-]=O.[CH-]=O.[CH-]=O.[CH-]=O.[CH-]=O.[Mo].[Mo]. The number of rotatable bonds is 20. The van der Waals surface area contributed by atoms with E-state index in [1.54, 1.807) is 34.6 Å². The van der Waals surface area contributed by atoms with Crippen LogP contribution >= 0.6 is 0 Å². The molecule has 0 fully saturated rings. The zero-order valence-corrected chi connectivity index (χ0v) is 53.3. The van der Waals surface area contributed by atoms with Crippen LogP contribution in [0.1, 0.15) is 107 Å². The van der Waals surface area contributed by atoms with E-state index in [9.17, 15) is 43.2 Å². The van der Waals surface area contributed by atoms with Gasteiger partial charge >= 0.3 is 78.3 Å². The number of ketones is 2. The molecule has 0 aromatic rings. The van der Waals surface area contributed by atoms with E-state index in [-0.39, 0.29) is 111 Å². The van der Waals surface area contributed by atoms with Crippen molar-refractivity contribution >= 4 is 106 Å². The molecule has 6 atom stereocenters. The molecule has 0 aliphatic rings. The molecule has 0 aromatic heterocycles. The van der Waals surface area contributed by atoms with Gasteiger partial charge in [-0.3, -0.25) is 64.7 Å². The van der Waals surface area contributed by atoms with Crippen molar-refractivity contribution in [3.05, 3.63) is 68.5 Å². The molecule has 0 saturated carbocycles. The van der Waals surface area contributed by atoms with Crippen molar-refractivity contribution in [1.29, 1.82) is 0 Å². The van der Waals surface area contributed by atoms with Gasteiger partial charge in [-0.2, -0.15) is 19.2 Å². The van der Waals surface area contributed by atoms with Crippen molar-refractivity contribution in [2.75, 3.05) is 47.8 Å². The summed E-state index contributed by atoms with van der Waals surface area (Å²) in [5.74, 6) is -4.17. The first kappa shape index (κ1) is 119. The predicted octanol–water partition coefficient (Wildman–Crippen LogP) is 2.57. The minimum absolute atomic E-state index is 0. The number of hydrogen-bond acceptors (Lipinski definition) is 26. The van der Waals surface area contributed by atoms with E-state index in [0.29, 0.717) is 25.9 Å². The number of ether oxygens (including phenoxy) is 7. The second-order valence-electron chi connectivity index (χ2n) is 12.2. The molecule has 0 spiro atoms. The maximum Gasteiger partial charge on any atom is 0.390 e. The standard InChI is InChI=1S/C9H13NO4.C8H11NO3.C8H13NO2.C7H9NO4.C6H9NO2.C6H9NO.2CO2.6CHO.2Mo/c1-4-13-8(11)6-7(10-3)9(12)14-5-2;1-4-12-8(11)5-7(9-3)6(2)10;1-4-6-7(9-3)8(10)11-5-2;1-8-5(7(10)12-3)4-6(9)11-2;1-4-5(7-2)6(8)9-3;1-4-6(7-3)5(2)8;2*2-1-3;6*1-2;;/h7H,4-6H2,1-2H3;7H,4-5H2,1-2H3;7H,4-6H2,1-2H3;5H,4H2,2-3H3;5H,4H2,1,3H3;6H,4H2,1-2H3;;;6*1H;;/q;;;;;;;;6*-1;;. The Morgan fingerprint density at radius 3 is 0.779 bits per heavy atom. The smallest absolute Gasteiger partial charge is 0.390 e. The van der Waals surface area contributed by atoms with Gasteiger partial charge in [0.2, 0.25) is 11.6 Å². The van der Waals surface area contributed by atoms with Crippen molar-refractivity contribution in [2.45, 2.75) is 144 Å². The van der Waals surface area contributed by atoms with E-state index >= 15 is 0 Å². The zero-order valence-electron chi connectivity index (χ0n) is 49.3. The largest absolute Gasteiger partial charge is 0.545 e. The molecule has 0 saturated heterocycles. The van der Waals surface area contributed by atoms with E-state index in [1.165, 1.54) is 28.1 Å². The first-order chi connectivity index (χ1) is 40.0. The molecule has 0 aliphatic carbocycles. The normalized spacial score (nSPS) is 9.28. The fourth-order valence-corrected chi connectivity index (χ4v) is 3.68. The van der Waals surface area contributed by atoms with Crippen LogP contribution in [-0.4, -0.2) is 190 Å². The van der Waals surface area contributed by atoms with Gasteiger partial charge in [0.05, 0.1) is 47.8 Å². The minimum Gasteiger partial charge on any atom is -0.545 e. The molecular formula is C52H70Mo2N6O26-6. The molecule has 0 heterocycles. The van der Waals surface area contributed by atoms with Gasteiger partial charge in [0.1, 0.15) is 19.3 Å². The minimum atomic E-state index is -1.08. The number of hydrogen-bond donors (Lipinski definition) is 0. The molecule has 0 rings (SSSR count). The molecule has 0 N–H and O–H groups in total. The molecule has 0 aromatic carbocycles. The monoisotopic (exact) mass is 1390 g/mol. The van der Waals surface area contributed by atoms with Gasteiger partial charge in [-0.25, -0.2) is 58.6 Å². The van der Waals surface area contributed by atoms with Gasteiger partial charge in [0.15, 0.2) is 0 Å². The third-order valence-corrected chi connectivity index (χ3v) is 7.19. The van der Waals surface area contributed by atoms with Crippen LogP contribution in [0.2, 0.25) is 0 Å². The number of esters is 7. The molecule has 34 heteroatoms. The fraction of sp³-hybridized carbons (Fsp3) is 0.558. The summed E-state index contributed by atoms with van der Waals surface area (Å²) in [4.78, 5) is 194. The van der Waals surface area contributed by atoms with Crippen molar-refractivity contribution in [2.24, 2.45) is 0 Å². The van der Waals surface area contributed by atoms with Gasteiger partial charge in [-0.1, -0.05) is 20.8 Å². The Balaban J connectivity index is -0.0000000462. The van der Waals surface area contributed by atoms with Crippen molar-refractivity contribution < 1.29 is 166 Å². The maximum atomic E-state index is 11.1. The topological polar surface area (TPSA) is 415 Å². The summed E-state index contributed by atoms with van der Waals surface area (Å²) in [5, 5.41) is 0. The number of nitrogens with zero attached hydrogens (tertiary/aromatic N) is 6. The second-order valence-corrected chi connectivity index (χ2v) is 12.2. The third-order valence-electron chi connectivity index (χ3n) is 7.19. The van der Waals surface area contributed by atoms with Crippen LogP contribution in [-0.2, 0) is 166 Å². The van der Waals surface area contributed by atoms with Crippen LogP contribution in [0.4, 0.5) is 0 Å². The first-order valence-corrected chi connectivity index (χ1v) is 22.5.